The van der Waals surface area contributed by atoms with Gasteiger partial charge in [-0.15, -0.1) is 0 Å². The number of carbonyl (C=O) groups is 1. The maximum Gasteiger partial charge on any atom is 0.219 e. The normalized spacial score (nSPS) is 15.1. The summed E-state index contributed by atoms with van der Waals surface area (Å²) in [7, 11) is 0. The highest BCUT2D eigenvalue weighted by Crippen LogP contribution is 2.20. The zero-order chi connectivity index (χ0) is 19.8. The second kappa shape index (κ2) is 10.6. The summed E-state index contributed by atoms with van der Waals surface area (Å²) in [5, 5.41) is 3.57. The molecule has 1 aromatic carbocycles. The number of ether oxygens (including phenoxy) is 1. The topological polar surface area (TPSA) is 44.8 Å². The number of para-hydroxylation sites is 1. The number of amides is 1. The number of halogens is 1. The number of nitrogens with one attached hydrogen (secondary N) is 1. The van der Waals surface area contributed by atoms with Gasteiger partial charge in [0.15, 0.2) is 5.11 Å². The monoisotopic (exact) mass is 395 g/mol. The number of anilines is 1. The summed E-state index contributed by atoms with van der Waals surface area (Å²) in [6.07, 6.45) is 2.73. The van der Waals surface area contributed by atoms with Crippen molar-refractivity contribution in [3.05, 3.63) is 30.1 Å². The van der Waals surface area contributed by atoms with Crippen LogP contribution in [0.3, 0.4) is 0 Å². The third-order valence-corrected chi connectivity index (χ3v) is 5.06. The number of thiocarbonyl (C=S) groups is 1. The molecule has 1 aliphatic heterocycles. The molecule has 0 aromatic heterocycles. The third kappa shape index (κ3) is 6.74. The molecule has 1 heterocycles. The Morgan fingerprint density at radius 1 is 1.37 bits per heavy atom. The lowest BCUT2D eigenvalue weighted by Gasteiger charge is -2.39. The van der Waals surface area contributed by atoms with Crippen molar-refractivity contribution in [3.8, 4) is 0 Å². The molecule has 27 heavy (non-hydrogen) atoms. The lowest BCUT2D eigenvalue weighted by atomic mass is 10.0. The second-order valence-electron chi connectivity index (χ2n) is 7.11. The molecule has 0 unspecified atom stereocenters. The van der Waals surface area contributed by atoms with Crippen LogP contribution in [-0.2, 0) is 9.53 Å². The molecule has 150 valence electrons. The fourth-order valence-corrected chi connectivity index (χ4v) is 3.60. The van der Waals surface area contributed by atoms with Crippen molar-refractivity contribution in [3.63, 3.8) is 0 Å². The smallest absolute Gasteiger partial charge is 0.219 e. The first-order chi connectivity index (χ1) is 12.9. The van der Waals surface area contributed by atoms with E-state index in [-0.39, 0.29) is 23.9 Å². The molecule has 7 heteroatoms. The third-order valence-electron chi connectivity index (χ3n) is 4.72. The van der Waals surface area contributed by atoms with Crippen LogP contribution in [0.2, 0.25) is 0 Å². The van der Waals surface area contributed by atoms with Gasteiger partial charge in [-0.3, -0.25) is 4.79 Å². The predicted molar refractivity (Wildman–Crippen MR) is 110 cm³/mol. The summed E-state index contributed by atoms with van der Waals surface area (Å²) in [4.78, 5) is 15.6. The number of likely N-dealkylation sites (tertiary alicyclic amines) is 1. The Balaban J connectivity index is 2.01. The van der Waals surface area contributed by atoms with Crippen molar-refractivity contribution in [2.75, 3.05) is 31.6 Å². The number of nitrogens with zero attached hydrogens (tertiary/aromatic N) is 2. The lowest BCUT2D eigenvalue weighted by molar-refractivity contribution is -0.130. The SMILES string of the molecule is CC(=O)N1CCC(N(CCCOC(C)C)C(=S)Nc2ccccc2F)CC1. The molecule has 1 aliphatic rings. The van der Waals surface area contributed by atoms with Crippen LogP contribution in [0.4, 0.5) is 10.1 Å². The van der Waals surface area contributed by atoms with E-state index < -0.39 is 0 Å². The molecule has 5 nitrogen and oxygen atoms in total. The molecule has 0 bridgehead atoms. The van der Waals surface area contributed by atoms with Crippen LogP contribution in [0.15, 0.2) is 24.3 Å². The molecule has 0 saturated carbocycles. The van der Waals surface area contributed by atoms with Crippen LogP contribution in [0.25, 0.3) is 0 Å². The Kier molecular flexibility index (Phi) is 8.44. The van der Waals surface area contributed by atoms with Gasteiger partial charge in [-0.25, -0.2) is 4.39 Å². The van der Waals surface area contributed by atoms with Crippen LogP contribution >= 0.6 is 12.2 Å². The number of piperidine rings is 1. The van der Waals surface area contributed by atoms with Crippen LogP contribution < -0.4 is 5.32 Å². The standard InChI is InChI=1S/C20H30FN3O2S/c1-15(2)26-14-6-11-24(17-9-12-23(13-10-17)16(3)25)20(27)22-19-8-5-4-7-18(19)21/h4-5,7-8,15,17H,6,9-14H2,1-3H3,(H,22,27). The van der Waals surface area contributed by atoms with Crippen molar-refractivity contribution in [2.24, 2.45) is 0 Å². The first-order valence-electron chi connectivity index (χ1n) is 9.57. The molecule has 1 fully saturated rings. The largest absolute Gasteiger partial charge is 0.379 e. The van der Waals surface area contributed by atoms with Gasteiger partial charge in [0.05, 0.1) is 11.8 Å². The highest BCUT2D eigenvalue weighted by Gasteiger charge is 2.27. The minimum atomic E-state index is -0.325. The molecular weight excluding hydrogens is 365 g/mol. The van der Waals surface area contributed by atoms with E-state index in [4.69, 9.17) is 17.0 Å². The van der Waals surface area contributed by atoms with Crippen molar-refractivity contribution < 1.29 is 13.9 Å². The highest BCUT2D eigenvalue weighted by atomic mass is 32.1. The number of benzene rings is 1. The Bertz CT molecular complexity index is 633. The van der Waals surface area contributed by atoms with Gasteiger partial charge in [0.25, 0.3) is 0 Å². The van der Waals surface area contributed by atoms with Gasteiger partial charge < -0.3 is 19.9 Å². The molecule has 0 aliphatic carbocycles. The summed E-state index contributed by atoms with van der Waals surface area (Å²) in [5.41, 5.74) is 0.382. The number of hydrogen-bond acceptors (Lipinski definition) is 3. The summed E-state index contributed by atoms with van der Waals surface area (Å²) in [6, 6.07) is 6.76. The van der Waals surface area contributed by atoms with Gasteiger partial charge in [0, 0.05) is 39.2 Å². The van der Waals surface area contributed by atoms with E-state index >= 15 is 0 Å². The Morgan fingerprint density at radius 2 is 2.04 bits per heavy atom. The van der Waals surface area contributed by atoms with Crippen LogP contribution in [0.5, 0.6) is 0 Å². The van der Waals surface area contributed by atoms with Gasteiger partial charge in [0.1, 0.15) is 5.82 Å². The van der Waals surface area contributed by atoms with E-state index in [9.17, 15) is 9.18 Å². The number of carbonyl (C=O) groups excluding carboxylic acids is 1. The maximum atomic E-state index is 14.0. The zero-order valence-corrected chi connectivity index (χ0v) is 17.2. The molecule has 2 rings (SSSR count). The van der Waals surface area contributed by atoms with Gasteiger partial charge in [-0.1, -0.05) is 12.1 Å². The summed E-state index contributed by atoms with van der Waals surface area (Å²) < 4.78 is 19.6. The second-order valence-corrected chi connectivity index (χ2v) is 7.50. The molecule has 1 N–H and O–H groups in total. The Morgan fingerprint density at radius 3 is 2.63 bits per heavy atom. The number of rotatable bonds is 7. The fourth-order valence-electron chi connectivity index (χ4n) is 3.25. The maximum absolute atomic E-state index is 14.0. The molecule has 0 radical (unpaired) electrons. The highest BCUT2D eigenvalue weighted by molar-refractivity contribution is 7.80. The van der Waals surface area contributed by atoms with Crippen molar-refractivity contribution in [1.82, 2.24) is 9.80 Å². The molecule has 0 spiro atoms. The van der Waals surface area contributed by atoms with E-state index in [2.05, 4.69) is 10.2 Å². The van der Waals surface area contributed by atoms with Crippen molar-refractivity contribution >= 4 is 28.9 Å². The van der Waals surface area contributed by atoms with Crippen molar-refractivity contribution in [1.29, 1.82) is 0 Å². The lowest BCUT2D eigenvalue weighted by Crippen LogP contribution is -2.50. The van der Waals surface area contributed by atoms with E-state index in [1.807, 2.05) is 18.7 Å². The summed E-state index contributed by atoms with van der Waals surface area (Å²) in [6.45, 7) is 8.47. The van der Waals surface area contributed by atoms with E-state index in [1.165, 1.54) is 6.07 Å². The minimum absolute atomic E-state index is 0.109. The average Bonchev–Trinajstić information content (AvgIpc) is 2.63. The first-order valence-corrected chi connectivity index (χ1v) is 9.98. The quantitative estimate of drug-likeness (QED) is 0.564. The van der Waals surface area contributed by atoms with Gasteiger partial charge in [-0.05, 0) is 57.5 Å². The fraction of sp³-hybridized carbons (Fsp3) is 0.600. The molecule has 1 saturated heterocycles. The van der Waals surface area contributed by atoms with Crippen LogP contribution in [0, 0.1) is 5.82 Å². The summed E-state index contributed by atoms with van der Waals surface area (Å²) >= 11 is 5.61. The molecule has 1 amide bonds. The van der Waals surface area contributed by atoms with Crippen LogP contribution in [-0.4, -0.2) is 59.2 Å². The Hall–Kier alpha value is -1.73. The first kappa shape index (κ1) is 21.6. The Labute approximate surface area is 166 Å². The molecule has 1 aromatic rings. The zero-order valence-electron chi connectivity index (χ0n) is 16.4. The van der Waals surface area contributed by atoms with E-state index in [0.29, 0.717) is 17.4 Å². The predicted octanol–water partition coefficient (Wildman–Crippen LogP) is 3.65. The van der Waals surface area contributed by atoms with E-state index in [1.54, 1.807) is 25.1 Å². The molecule has 0 atom stereocenters. The summed E-state index contributed by atoms with van der Waals surface area (Å²) in [5.74, 6) is -0.216. The van der Waals surface area contributed by atoms with Crippen LogP contribution in [0.1, 0.15) is 40.0 Å². The van der Waals surface area contributed by atoms with Crippen molar-refractivity contribution in [2.45, 2.75) is 52.2 Å². The molecular formula is C20H30FN3O2S. The number of hydrogen-bond donors (Lipinski definition) is 1. The van der Waals surface area contributed by atoms with Gasteiger partial charge >= 0.3 is 0 Å². The van der Waals surface area contributed by atoms with E-state index in [0.717, 1.165) is 38.9 Å². The van der Waals surface area contributed by atoms with Gasteiger partial charge in [-0.2, -0.15) is 0 Å². The van der Waals surface area contributed by atoms with Gasteiger partial charge in [0.2, 0.25) is 5.91 Å². The average molecular weight is 396 g/mol. The minimum Gasteiger partial charge on any atom is -0.379 e.